The van der Waals surface area contributed by atoms with Crippen LogP contribution in [0, 0.1) is 0 Å². The lowest BCUT2D eigenvalue weighted by Gasteiger charge is -2.24. The van der Waals surface area contributed by atoms with Gasteiger partial charge in [-0.15, -0.1) is 0 Å². The number of sulfonamides is 1. The van der Waals surface area contributed by atoms with Crippen LogP contribution in [0.5, 0.6) is 0 Å². The van der Waals surface area contributed by atoms with Crippen molar-refractivity contribution in [3.05, 3.63) is 33.8 Å². The zero-order valence-electron chi connectivity index (χ0n) is 9.89. The molecule has 1 aliphatic rings. The van der Waals surface area contributed by atoms with E-state index in [1.807, 2.05) is 12.1 Å². The highest BCUT2D eigenvalue weighted by atomic mass is 79.9. The third kappa shape index (κ3) is 3.12. The Balaban J connectivity index is 2.14. The second-order valence-corrected chi connectivity index (χ2v) is 7.40. The molecule has 6 heteroatoms. The number of halogens is 1. The van der Waals surface area contributed by atoms with E-state index >= 15 is 0 Å². The summed E-state index contributed by atoms with van der Waals surface area (Å²) in [6.45, 7) is -0.0818. The molecule has 1 atom stereocenters. The van der Waals surface area contributed by atoms with Crippen LogP contribution in [0.25, 0.3) is 0 Å². The standard InChI is InChI=1S/C12H16BrNO3S/c13-11-3-1-10-8-12(4-2-9(10)7-11)18(16,17)14-5-6-15/h1,3,7,12,14-15H,2,4-6,8H2. The molecular weight excluding hydrogens is 318 g/mol. The van der Waals surface area contributed by atoms with Crippen molar-refractivity contribution < 1.29 is 13.5 Å². The molecule has 4 nitrogen and oxygen atoms in total. The first-order valence-electron chi connectivity index (χ1n) is 5.89. The maximum atomic E-state index is 12.0. The van der Waals surface area contributed by atoms with Crippen molar-refractivity contribution in [2.75, 3.05) is 13.2 Å². The Bertz CT molecular complexity index is 530. The van der Waals surface area contributed by atoms with Gasteiger partial charge in [0, 0.05) is 11.0 Å². The summed E-state index contributed by atoms with van der Waals surface area (Å²) in [4.78, 5) is 0. The third-order valence-electron chi connectivity index (χ3n) is 3.21. The first-order valence-corrected chi connectivity index (χ1v) is 8.23. The van der Waals surface area contributed by atoms with Gasteiger partial charge in [-0.3, -0.25) is 0 Å². The fraction of sp³-hybridized carbons (Fsp3) is 0.500. The molecule has 0 fully saturated rings. The van der Waals surface area contributed by atoms with Gasteiger partial charge in [0.1, 0.15) is 0 Å². The lowest BCUT2D eigenvalue weighted by molar-refractivity contribution is 0.300. The Kier molecular flexibility index (Phi) is 4.42. The van der Waals surface area contributed by atoms with E-state index < -0.39 is 15.3 Å². The number of aliphatic hydroxyl groups is 1. The zero-order chi connectivity index (χ0) is 13.2. The van der Waals surface area contributed by atoms with Crippen LogP contribution in [0.2, 0.25) is 0 Å². The molecule has 2 rings (SSSR count). The van der Waals surface area contributed by atoms with E-state index in [2.05, 4.69) is 26.7 Å². The molecule has 0 radical (unpaired) electrons. The Morgan fingerprint density at radius 1 is 1.39 bits per heavy atom. The largest absolute Gasteiger partial charge is 0.395 e. The molecule has 0 spiro atoms. The highest BCUT2D eigenvalue weighted by molar-refractivity contribution is 9.10. The molecule has 0 amide bonds. The van der Waals surface area contributed by atoms with Crippen LogP contribution in [-0.4, -0.2) is 31.9 Å². The van der Waals surface area contributed by atoms with Gasteiger partial charge >= 0.3 is 0 Å². The van der Waals surface area contributed by atoms with E-state index in [0.29, 0.717) is 12.8 Å². The zero-order valence-corrected chi connectivity index (χ0v) is 12.3. The quantitative estimate of drug-likeness (QED) is 0.870. The maximum absolute atomic E-state index is 12.0. The van der Waals surface area contributed by atoms with Gasteiger partial charge in [0.05, 0.1) is 11.9 Å². The molecule has 18 heavy (non-hydrogen) atoms. The Labute approximate surface area is 116 Å². The molecule has 0 aromatic heterocycles. The smallest absolute Gasteiger partial charge is 0.214 e. The highest BCUT2D eigenvalue weighted by Gasteiger charge is 2.29. The molecule has 1 unspecified atom stereocenters. The van der Waals surface area contributed by atoms with Gasteiger partial charge in [0.2, 0.25) is 10.0 Å². The minimum Gasteiger partial charge on any atom is -0.395 e. The molecule has 0 heterocycles. The van der Waals surface area contributed by atoms with Crippen LogP contribution in [-0.2, 0) is 22.9 Å². The first kappa shape index (κ1) is 14.0. The number of fused-ring (bicyclic) bond motifs is 1. The molecular formula is C12H16BrNO3S. The van der Waals surface area contributed by atoms with Crippen molar-refractivity contribution in [3.63, 3.8) is 0 Å². The van der Waals surface area contributed by atoms with Crippen molar-refractivity contribution in [2.45, 2.75) is 24.5 Å². The van der Waals surface area contributed by atoms with E-state index in [0.717, 1.165) is 16.5 Å². The first-order chi connectivity index (χ1) is 8.53. The Morgan fingerprint density at radius 2 is 2.17 bits per heavy atom. The average molecular weight is 334 g/mol. The van der Waals surface area contributed by atoms with Gasteiger partial charge < -0.3 is 5.11 Å². The summed E-state index contributed by atoms with van der Waals surface area (Å²) in [5, 5.41) is 8.29. The number of rotatable bonds is 4. The van der Waals surface area contributed by atoms with Crippen LogP contribution < -0.4 is 4.72 Å². The van der Waals surface area contributed by atoms with Gasteiger partial charge in [0.15, 0.2) is 0 Å². The van der Waals surface area contributed by atoms with E-state index in [4.69, 9.17) is 5.11 Å². The Morgan fingerprint density at radius 3 is 2.89 bits per heavy atom. The van der Waals surface area contributed by atoms with Crippen molar-refractivity contribution in [2.24, 2.45) is 0 Å². The predicted molar refractivity (Wildman–Crippen MR) is 74.0 cm³/mol. The molecule has 1 aliphatic carbocycles. The minimum atomic E-state index is -3.32. The molecule has 1 aromatic rings. The van der Waals surface area contributed by atoms with E-state index in [-0.39, 0.29) is 13.2 Å². The predicted octanol–water partition coefficient (Wildman–Crippen LogP) is 1.22. The van der Waals surface area contributed by atoms with Crippen LogP contribution >= 0.6 is 15.9 Å². The van der Waals surface area contributed by atoms with Crippen LogP contribution in [0.1, 0.15) is 17.5 Å². The summed E-state index contributed by atoms with van der Waals surface area (Å²) in [5.41, 5.74) is 2.32. The fourth-order valence-corrected chi connectivity index (χ4v) is 4.11. The van der Waals surface area contributed by atoms with Crippen molar-refractivity contribution in [3.8, 4) is 0 Å². The van der Waals surface area contributed by atoms with Crippen LogP contribution in [0.15, 0.2) is 22.7 Å². The minimum absolute atomic E-state index is 0.0893. The SMILES string of the molecule is O=S(=O)(NCCO)C1CCc2cc(Br)ccc2C1. The number of hydrogen-bond acceptors (Lipinski definition) is 3. The van der Waals surface area contributed by atoms with Crippen molar-refractivity contribution in [1.82, 2.24) is 4.72 Å². The second-order valence-electron chi connectivity index (χ2n) is 4.44. The van der Waals surface area contributed by atoms with Crippen LogP contribution in [0.3, 0.4) is 0 Å². The van der Waals surface area contributed by atoms with Gasteiger partial charge in [0.25, 0.3) is 0 Å². The molecule has 0 saturated heterocycles. The highest BCUT2D eigenvalue weighted by Crippen LogP contribution is 2.27. The van der Waals surface area contributed by atoms with Crippen molar-refractivity contribution >= 4 is 26.0 Å². The fourth-order valence-electron chi connectivity index (χ4n) is 2.26. The Hall–Kier alpha value is -0.430. The molecule has 0 bridgehead atoms. The number of aliphatic hydroxyl groups excluding tert-OH is 1. The summed E-state index contributed by atoms with van der Waals surface area (Å²) in [6, 6.07) is 5.97. The lowest BCUT2D eigenvalue weighted by Crippen LogP contribution is -2.39. The summed E-state index contributed by atoms with van der Waals surface area (Å²) in [7, 11) is -3.32. The van der Waals surface area contributed by atoms with Crippen molar-refractivity contribution in [1.29, 1.82) is 0 Å². The van der Waals surface area contributed by atoms with E-state index in [9.17, 15) is 8.42 Å². The molecule has 0 aliphatic heterocycles. The normalized spacial score (nSPS) is 19.6. The summed E-state index contributed by atoms with van der Waals surface area (Å²) >= 11 is 3.42. The number of hydrogen-bond donors (Lipinski definition) is 2. The van der Waals surface area contributed by atoms with Gasteiger partial charge in [-0.25, -0.2) is 13.1 Å². The molecule has 2 N–H and O–H groups in total. The molecule has 1 aromatic carbocycles. The topological polar surface area (TPSA) is 66.4 Å². The van der Waals surface area contributed by atoms with Gasteiger partial charge in [-0.05, 0) is 42.5 Å². The number of benzene rings is 1. The lowest BCUT2D eigenvalue weighted by atomic mass is 9.91. The maximum Gasteiger partial charge on any atom is 0.214 e. The summed E-state index contributed by atoms with van der Waals surface area (Å²) in [5.74, 6) is 0. The number of nitrogens with one attached hydrogen (secondary N) is 1. The van der Waals surface area contributed by atoms with Gasteiger partial charge in [-0.2, -0.15) is 0 Å². The number of aryl methyl sites for hydroxylation is 1. The second kappa shape index (κ2) is 5.69. The summed E-state index contributed by atoms with van der Waals surface area (Å²) < 4.78 is 27.4. The monoisotopic (exact) mass is 333 g/mol. The van der Waals surface area contributed by atoms with Gasteiger partial charge in [-0.1, -0.05) is 22.0 Å². The van der Waals surface area contributed by atoms with E-state index in [1.165, 1.54) is 5.56 Å². The molecule has 0 saturated carbocycles. The third-order valence-corrected chi connectivity index (χ3v) is 5.59. The van der Waals surface area contributed by atoms with Crippen LogP contribution in [0.4, 0.5) is 0 Å². The van der Waals surface area contributed by atoms with E-state index in [1.54, 1.807) is 0 Å². The average Bonchev–Trinajstić information content (AvgIpc) is 2.35. The molecule has 100 valence electrons. The summed E-state index contributed by atoms with van der Waals surface area (Å²) in [6.07, 6.45) is 1.95.